The van der Waals surface area contributed by atoms with Crippen LogP contribution in [0.1, 0.15) is 48.3 Å². The highest BCUT2D eigenvalue weighted by atomic mass is 32.2. The van der Waals surface area contributed by atoms with Gasteiger partial charge >= 0.3 is 6.36 Å². The highest BCUT2D eigenvalue weighted by molar-refractivity contribution is 7.92. The number of hydrogen-bond donors (Lipinski definition) is 1. The molecule has 0 aromatic heterocycles. The van der Waals surface area contributed by atoms with Crippen LogP contribution in [0.4, 0.5) is 18.9 Å². The summed E-state index contributed by atoms with van der Waals surface area (Å²) >= 11 is 0. The molecule has 2 bridgehead atoms. The number of sulfonamides is 1. The molecule has 2 aliphatic rings. The van der Waals surface area contributed by atoms with E-state index in [4.69, 9.17) is 0 Å². The summed E-state index contributed by atoms with van der Waals surface area (Å²) in [7, 11) is -2.23. The number of alkyl halides is 3. The number of nitrogens with zero attached hydrogens (tertiary/aromatic N) is 2. The van der Waals surface area contributed by atoms with Crippen LogP contribution in [0.2, 0.25) is 0 Å². The lowest BCUT2D eigenvalue weighted by Crippen LogP contribution is -2.61. The van der Waals surface area contributed by atoms with E-state index < -0.39 is 16.4 Å². The summed E-state index contributed by atoms with van der Waals surface area (Å²) in [6.07, 6.45) is 0.444. The molecule has 3 aromatic rings. The average molecular weight is 602 g/mol. The summed E-state index contributed by atoms with van der Waals surface area (Å²) in [5.74, 6) is 0.0610. The van der Waals surface area contributed by atoms with Crippen molar-refractivity contribution in [2.24, 2.45) is 5.92 Å². The maximum atomic E-state index is 13.4. The molecule has 3 aromatic carbocycles. The van der Waals surface area contributed by atoms with Crippen LogP contribution in [0.15, 0.2) is 78.9 Å². The fraction of sp³-hybridized carbons (Fsp3) is 0.438. The number of nitrogens with one attached hydrogen (secondary N) is 1. The smallest absolute Gasteiger partial charge is 0.405 e. The van der Waals surface area contributed by atoms with Gasteiger partial charge in [0.1, 0.15) is 5.75 Å². The van der Waals surface area contributed by atoms with Crippen LogP contribution in [0.3, 0.4) is 0 Å². The van der Waals surface area contributed by atoms with Gasteiger partial charge < -0.3 is 10.1 Å². The molecule has 0 aliphatic carbocycles. The van der Waals surface area contributed by atoms with Gasteiger partial charge in [-0.15, -0.1) is 13.2 Å². The number of hydrogen-bond acceptors (Lipinski definition) is 5. The maximum Gasteiger partial charge on any atom is 0.573 e. The third-order valence-electron chi connectivity index (χ3n) is 8.67. The second-order valence-electron chi connectivity index (χ2n) is 11.3. The van der Waals surface area contributed by atoms with E-state index in [1.54, 1.807) is 0 Å². The van der Waals surface area contributed by atoms with E-state index in [0.29, 0.717) is 5.92 Å². The van der Waals surface area contributed by atoms with Gasteiger partial charge in [-0.05, 0) is 67.6 Å². The van der Waals surface area contributed by atoms with E-state index in [1.165, 1.54) is 36.4 Å². The number of piperidine rings is 1. The quantitative estimate of drug-likeness (QED) is 0.319. The van der Waals surface area contributed by atoms with Crippen LogP contribution >= 0.6 is 0 Å². The van der Waals surface area contributed by atoms with E-state index >= 15 is 0 Å². The molecule has 226 valence electrons. The first-order valence-electron chi connectivity index (χ1n) is 14.4. The Hall–Kier alpha value is -3.08. The lowest BCUT2D eigenvalue weighted by Gasteiger charge is -2.51. The lowest BCUT2D eigenvalue weighted by molar-refractivity contribution is -0.274. The fourth-order valence-corrected chi connectivity index (χ4v) is 7.13. The Morgan fingerprint density at radius 1 is 0.952 bits per heavy atom. The molecule has 2 fully saturated rings. The van der Waals surface area contributed by atoms with Crippen molar-refractivity contribution in [3.8, 4) is 5.75 Å². The number of benzene rings is 3. The molecule has 2 heterocycles. The first-order valence-corrected chi connectivity index (χ1v) is 16.3. The minimum absolute atomic E-state index is 0.0144. The van der Waals surface area contributed by atoms with Crippen molar-refractivity contribution < 1.29 is 26.3 Å². The first kappa shape index (κ1) is 30.4. The van der Waals surface area contributed by atoms with Crippen LogP contribution in [0.5, 0.6) is 5.75 Å². The molecule has 10 heteroatoms. The SMILES string of the molecule is CN(c1ccc(OC(F)(F)F)c(CNC2C3CCCCN(CC3)C2C(c2ccccc2)c2ccccc2)c1)S(C)(=O)=O. The van der Waals surface area contributed by atoms with Gasteiger partial charge in [0, 0.05) is 37.2 Å². The molecule has 6 nitrogen and oxygen atoms in total. The van der Waals surface area contributed by atoms with Crippen molar-refractivity contribution in [1.29, 1.82) is 0 Å². The van der Waals surface area contributed by atoms with Crippen molar-refractivity contribution in [3.63, 3.8) is 0 Å². The van der Waals surface area contributed by atoms with E-state index in [-0.39, 0.29) is 41.5 Å². The van der Waals surface area contributed by atoms with Crippen LogP contribution in [0.25, 0.3) is 0 Å². The zero-order valence-corrected chi connectivity index (χ0v) is 24.7. The van der Waals surface area contributed by atoms with Crippen LogP contribution < -0.4 is 14.4 Å². The summed E-state index contributed by atoms with van der Waals surface area (Å²) in [6, 6.07) is 24.9. The van der Waals surface area contributed by atoms with Crippen molar-refractivity contribution in [1.82, 2.24) is 10.2 Å². The molecule has 0 spiro atoms. The number of ether oxygens (including phenoxy) is 1. The molecule has 5 rings (SSSR count). The highest BCUT2D eigenvalue weighted by Gasteiger charge is 2.44. The third kappa shape index (κ3) is 7.10. The molecule has 4 unspecified atom stereocenters. The molecular weight excluding hydrogens is 563 g/mol. The lowest BCUT2D eigenvalue weighted by atomic mass is 9.72. The molecule has 0 radical (unpaired) electrons. The molecule has 0 amide bonds. The van der Waals surface area contributed by atoms with Gasteiger partial charge in [-0.2, -0.15) is 0 Å². The molecule has 2 saturated heterocycles. The molecular formula is C32H38F3N3O3S. The largest absolute Gasteiger partial charge is 0.573 e. The zero-order chi connectivity index (χ0) is 29.9. The molecule has 0 saturated carbocycles. The first-order chi connectivity index (χ1) is 20.0. The van der Waals surface area contributed by atoms with Crippen LogP contribution in [-0.2, 0) is 16.6 Å². The standard InChI is InChI=1S/C32H38F3N3O3S/c1-37(42(2,39)40)27-16-17-28(41-32(33,34)35)26(21-27)22-36-30-25-15-9-10-19-38(20-18-25)31(30)29(23-11-5-3-6-12-23)24-13-7-4-8-14-24/h3-8,11-14,16-17,21,25,29-31,36H,9-10,15,18-20,22H2,1-2H3. The summed E-state index contributed by atoms with van der Waals surface area (Å²) in [5, 5.41) is 3.68. The van der Waals surface area contributed by atoms with E-state index in [1.807, 2.05) is 12.1 Å². The van der Waals surface area contributed by atoms with Gasteiger partial charge in [0.25, 0.3) is 0 Å². The minimum Gasteiger partial charge on any atom is -0.405 e. The normalized spacial score (nSPS) is 22.9. The second-order valence-corrected chi connectivity index (χ2v) is 13.4. The Morgan fingerprint density at radius 2 is 1.60 bits per heavy atom. The topological polar surface area (TPSA) is 61.9 Å². The molecule has 42 heavy (non-hydrogen) atoms. The zero-order valence-electron chi connectivity index (χ0n) is 23.9. The fourth-order valence-electron chi connectivity index (χ4n) is 6.63. The van der Waals surface area contributed by atoms with Gasteiger partial charge in [0.05, 0.1) is 11.9 Å². The summed E-state index contributed by atoms with van der Waals surface area (Å²) in [5.41, 5.74) is 2.92. The van der Waals surface area contributed by atoms with Crippen molar-refractivity contribution in [2.45, 2.75) is 56.6 Å². The van der Waals surface area contributed by atoms with E-state index in [9.17, 15) is 21.6 Å². The van der Waals surface area contributed by atoms with Gasteiger partial charge in [-0.25, -0.2) is 8.42 Å². The Labute approximate surface area is 246 Å². The van der Waals surface area contributed by atoms with E-state index in [2.05, 4.69) is 63.5 Å². The minimum atomic E-state index is -4.88. The summed E-state index contributed by atoms with van der Waals surface area (Å²) in [6.45, 7) is 2.03. The Morgan fingerprint density at radius 3 is 2.19 bits per heavy atom. The van der Waals surface area contributed by atoms with Gasteiger partial charge in [-0.3, -0.25) is 9.21 Å². The van der Waals surface area contributed by atoms with E-state index in [0.717, 1.165) is 49.3 Å². The Kier molecular flexibility index (Phi) is 9.15. The predicted molar refractivity (Wildman–Crippen MR) is 159 cm³/mol. The number of rotatable bonds is 9. The second kappa shape index (κ2) is 12.7. The molecule has 2 aliphatic heterocycles. The average Bonchev–Trinajstić information content (AvgIpc) is 2.93. The highest BCUT2D eigenvalue weighted by Crippen LogP contribution is 2.41. The number of anilines is 1. The van der Waals surface area contributed by atoms with Crippen molar-refractivity contribution >= 4 is 15.7 Å². The molecule has 4 atom stereocenters. The van der Waals surface area contributed by atoms with Crippen molar-refractivity contribution in [3.05, 3.63) is 95.6 Å². The maximum absolute atomic E-state index is 13.4. The van der Waals surface area contributed by atoms with Crippen LogP contribution in [0, 0.1) is 5.92 Å². The van der Waals surface area contributed by atoms with Gasteiger partial charge in [0.15, 0.2) is 0 Å². The predicted octanol–water partition coefficient (Wildman–Crippen LogP) is 6.15. The number of halogens is 3. The van der Waals surface area contributed by atoms with Crippen LogP contribution in [-0.4, -0.2) is 58.2 Å². The molecule has 1 N–H and O–H groups in total. The summed E-state index contributed by atoms with van der Waals surface area (Å²) < 4.78 is 70.0. The monoisotopic (exact) mass is 601 g/mol. The van der Waals surface area contributed by atoms with Crippen molar-refractivity contribution in [2.75, 3.05) is 30.7 Å². The van der Waals surface area contributed by atoms with Gasteiger partial charge in [-0.1, -0.05) is 67.1 Å². The van der Waals surface area contributed by atoms with Gasteiger partial charge in [0.2, 0.25) is 10.0 Å². The Bertz CT molecular complexity index is 1390. The number of fused-ring (bicyclic) bond motifs is 3. The third-order valence-corrected chi connectivity index (χ3v) is 9.88. The summed E-state index contributed by atoms with van der Waals surface area (Å²) in [4.78, 5) is 2.55. The Balaban J connectivity index is 1.54.